The molecule has 1 fully saturated rings. The summed E-state index contributed by atoms with van der Waals surface area (Å²) in [5.74, 6) is -0.0744. The summed E-state index contributed by atoms with van der Waals surface area (Å²) >= 11 is 7.48. The largest absolute Gasteiger partial charge is 0.416 e. The Kier molecular flexibility index (Phi) is 6.26. The van der Waals surface area contributed by atoms with Crippen LogP contribution in [0.15, 0.2) is 29.8 Å². The molecular weight excluding hydrogens is 399 g/mol. The van der Waals surface area contributed by atoms with Gasteiger partial charge in [-0.15, -0.1) is 11.3 Å². The lowest BCUT2D eigenvalue weighted by Crippen LogP contribution is -2.38. The SMILES string of the molecule is O=C(N[C@H]1CC[C@H](CNc2nccs2)CC1)c1cc(C(F)(F)F)ccc1Cl. The van der Waals surface area contributed by atoms with Crippen molar-refractivity contribution in [1.82, 2.24) is 10.3 Å². The van der Waals surface area contributed by atoms with Gasteiger partial charge in [0.25, 0.3) is 5.91 Å². The molecule has 0 unspecified atom stereocenters. The van der Waals surface area contributed by atoms with Crippen molar-refractivity contribution in [2.75, 3.05) is 11.9 Å². The fraction of sp³-hybridized carbons (Fsp3) is 0.444. The molecule has 0 aliphatic heterocycles. The van der Waals surface area contributed by atoms with Gasteiger partial charge in [-0.1, -0.05) is 11.6 Å². The van der Waals surface area contributed by atoms with Crippen molar-refractivity contribution < 1.29 is 18.0 Å². The zero-order valence-corrected chi connectivity index (χ0v) is 15.9. The molecule has 1 aromatic heterocycles. The summed E-state index contributed by atoms with van der Waals surface area (Å²) in [5, 5.41) is 8.94. The summed E-state index contributed by atoms with van der Waals surface area (Å²) in [7, 11) is 0. The fourth-order valence-corrected chi connectivity index (χ4v) is 3.93. The molecule has 1 aromatic carbocycles. The first-order chi connectivity index (χ1) is 12.8. The molecule has 3 rings (SSSR count). The number of thiazole rings is 1. The van der Waals surface area contributed by atoms with Gasteiger partial charge in [-0.3, -0.25) is 4.79 Å². The first kappa shape index (κ1) is 19.9. The summed E-state index contributed by atoms with van der Waals surface area (Å²) in [5.41, 5.74) is -1.02. The van der Waals surface area contributed by atoms with Gasteiger partial charge in [-0.05, 0) is 49.8 Å². The number of halogens is 4. The standard InChI is InChI=1S/C18H19ClF3N3OS/c19-15-6-3-12(18(20,21)22)9-14(15)16(26)25-13-4-1-11(2-5-13)10-24-17-23-7-8-27-17/h3,6-9,11,13H,1-2,4-5,10H2,(H,23,24)(H,25,26)/t11-,13-. The Morgan fingerprint density at radius 1 is 1.26 bits per heavy atom. The predicted octanol–water partition coefficient (Wildman–Crippen LogP) is 5.22. The van der Waals surface area contributed by atoms with Gasteiger partial charge in [0.15, 0.2) is 5.13 Å². The van der Waals surface area contributed by atoms with Crippen LogP contribution in [0.5, 0.6) is 0 Å². The molecule has 2 N–H and O–H groups in total. The van der Waals surface area contributed by atoms with Crippen LogP contribution in [0.25, 0.3) is 0 Å². The maximum absolute atomic E-state index is 12.9. The maximum atomic E-state index is 12.9. The Labute approximate surface area is 164 Å². The molecule has 0 bridgehead atoms. The lowest BCUT2D eigenvalue weighted by Gasteiger charge is -2.29. The first-order valence-electron chi connectivity index (χ1n) is 8.64. The molecule has 9 heteroatoms. The van der Waals surface area contributed by atoms with Crippen LogP contribution in [0.3, 0.4) is 0 Å². The number of hydrogen-bond acceptors (Lipinski definition) is 4. The first-order valence-corrected chi connectivity index (χ1v) is 9.89. The van der Waals surface area contributed by atoms with E-state index in [9.17, 15) is 18.0 Å². The summed E-state index contributed by atoms with van der Waals surface area (Å²) in [4.78, 5) is 16.6. The van der Waals surface area contributed by atoms with Crippen molar-refractivity contribution in [3.8, 4) is 0 Å². The van der Waals surface area contributed by atoms with Crippen LogP contribution in [0.2, 0.25) is 5.02 Å². The summed E-state index contributed by atoms with van der Waals surface area (Å²) in [6.45, 7) is 0.827. The molecule has 1 aliphatic rings. The number of amides is 1. The molecule has 4 nitrogen and oxygen atoms in total. The van der Waals surface area contributed by atoms with E-state index < -0.39 is 17.6 Å². The smallest absolute Gasteiger partial charge is 0.361 e. The van der Waals surface area contributed by atoms with Crippen LogP contribution in [0, 0.1) is 5.92 Å². The number of aromatic nitrogens is 1. The van der Waals surface area contributed by atoms with Crippen LogP contribution >= 0.6 is 22.9 Å². The molecule has 1 saturated carbocycles. The van der Waals surface area contributed by atoms with Crippen molar-refractivity contribution in [2.45, 2.75) is 37.9 Å². The third-order valence-electron chi connectivity index (χ3n) is 4.69. The van der Waals surface area contributed by atoms with Crippen LogP contribution in [0.4, 0.5) is 18.3 Å². The van der Waals surface area contributed by atoms with E-state index >= 15 is 0 Å². The average Bonchev–Trinajstić information content (AvgIpc) is 3.14. The highest BCUT2D eigenvalue weighted by molar-refractivity contribution is 7.13. The normalized spacial score (nSPS) is 20.3. The highest BCUT2D eigenvalue weighted by Crippen LogP contribution is 2.32. The number of nitrogens with zero attached hydrogens (tertiary/aromatic N) is 1. The van der Waals surface area contributed by atoms with Crippen molar-refractivity contribution in [2.24, 2.45) is 5.92 Å². The van der Waals surface area contributed by atoms with E-state index in [4.69, 9.17) is 11.6 Å². The van der Waals surface area contributed by atoms with Gasteiger partial charge in [-0.25, -0.2) is 4.98 Å². The minimum absolute atomic E-state index is 0.0156. The average molecular weight is 418 g/mol. The van der Waals surface area contributed by atoms with Crippen molar-refractivity contribution in [3.63, 3.8) is 0 Å². The van der Waals surface area contributed by atoms with Gasteiger partial charge in [-0.2, -0.15) is 13.2 Å². The minimum Gasteiger partial charge on any atom is -0.361 e. The fourth-order valence-electron chi connectivity index (χ4n) is 3.19. The second kappa shape index (κ2) is 8.48. The number of anilines is 1. The second-order valence-electron chi connectivity index (χ2n) is 6.60. The Balaban J connectivity index is 1.52. The molecular formula is C18H19ClF3N3OS. The molecule has 146 valence electrons. The number of hydrogen-bond donors (Lipinski definition) is 2. The lowest BCUT2D eigenvalue weighted by molar-refractivity contribution is -0.137. The van der Waals surface area contributed by atoms with Crippen molar-refractivity contribution >= 4 is 34.0 Å². The van der Waals surface area contributed by atoms with E-state index in [1.165, 1.54) is 0 Å². The molecule has 0 saturated heterocycles. The Morgan fingerprint density at radius 3 is 2.63 bits per heavy atom. The van der Waals surface area contributed by atoms with Gasteiger partial charge in [0.1, 0.15) is 0 Å². The van der Waals surface area contributed by atoms with Gasteiger partial charge in [0.2, 0.25) is 0 Å². The van der Waals surface area contributed by atoms with Gasteiger partial charge >= 0.3 is 6.18 Å². The predicted molar refractivity (Wildman–Crippen MR) is 100 cm³/mol. The van der Waals surface area contributed by atoms with E-state index in [1.54, 1.807) is 17.5 Å². The third kappa shape index (κ3) is 5.35. The highest BCUT2D eigenvalue weighted by atomic mass is 35.5. The zero-order chi connectivity index (χ0) is 19.4. The van der Waals surface area contributed by atoms with Crippen LogP contribution in [-0.4, -0.2) is 23.5 Å². The van der Waals surface area contributed by atoms with Crippen molar-refractivity contribution in [1.29, 1.82) is 0 Å². The number of carbonyl (C=O) groups is 1. The second-order valence-corrected chi connectivity index (χ2v) is 7.90. The third-order valence-corrected chi connectivity index (χ3v) is 5.75. The summed E-state index contributed by atoms with van der Waals surface area (Å²) in [6, 6.07) is 2.74. The highest BCUT2D eigenvalue weighted by Gasteiger charge is 2.32. The number of benzene rings is 1. The van der Waals surface area contributed by atoms with Crippen LogP contribution in [0.1, 0.15) is 41.6 Å². The molecule has 2 aromatic rings. The molecule has 1 aliphatic carbocycles. The minimum atomic E-state index is -4.51. The van der Waals surface area contributed by atoms with E-state index in [0.29, 0.717) is 5.92 Å². The number of alkyl halides is 3. The zero-order valence-electron chi connectivity index (χ0n) is 14.4. The molecule has 0 spiro atoms. The number of nitrogens with one attached hydrogen (secondary N) is 2. The maximum Gasteiger partial charge on any atom is 0.416 e. The van der Waals surface area contributed by atoms with Gasteiger partial charge < -0.3 is 10.6 Å². The monoisotopic (exact) mass is 417 g/mol. The summed E-state index contributed by atoms with van der Waals surface area (Å²) in [6.07, 6.45) is 0.665. The number of rotatable bonds is 5. The van der Waals surface area contributed by atoms with E-state index in [0.717, 1.165) is 55.6 Å². The Morgan fingerprint density at radius 2 is 2.00 bits per heavy atom. The molecule has 0 radical (unpaired) electrons. The van der Waals surface area contributed by atoms with Gasteiger partial charge in [0, 0.05) is 24.2 Å². The number of carbonyl (C=O) groups excluding carboxylic acids is 1. The Hall–Kier alpha value is -1.80. The van der Waals surface area contributed by atoms with E-state index in [1.807, 2.05) is 5.38 Å². The lowest BCUT2D eigenvalue weighted by atomic mass is 9.86. The van der Waals surface area contributed by atoms with Crippen LogP contribution < -0.4 is 10.6 Å². The molecule has 0 atom stereocenters. The van der Waals surface area contributed by atoms with E-state index in [2.05, 4.69) is 15.6 Å². The molecule has 27 heavy (non-hydrogen) atoms. The summed E-state index contributed by atoms with van der Waals surface area (Å²) < 4.78 is 38.6. The molecule has 1 amide bonds. The van der Waals surface area contributed by atoms with Gasteiger partial charge in [0.05, 0.1) is 16.1 Å². The topological polar surface area (TPSA) is 54.0 Å². The molecule has 1 heterocycles. The van der Waals surface area contributed by atoms with Crippen LogP contribution in [-0.2, 0) is 6.18 Å². The Bertz CT molecular complexity index is 775. The van der Waals surface area contributed by atoms with Crippen molar-refractivity contribution in [3.05, 3.63) is 45.9 Å². The van der Waals surface area contributed by atoms with E-state index in [-0.39, 0.29) is 16.6 Å². The quantitative estimate of drug-likeness (QED) is 0.701.